The van der Waals surface area contributed by atoms with Crippen LogP contribution in [0.25, 0.3) is 0 Å². The maximum atomic E-state index is 16.9. The number of hydrogen-bond acceptors (Lipinski definition) is 10. The Morgan fingerprint density at radius 1 is 1.11 bits per heavy atom. The average Bonchev–Trinajstić information content (AvgIpc) is 3.17. The number of aromatic hydroxyl groups is 1. The average molecular weight is 671 g/mol. The van der Waals surface area contributed by atoms with E-state index in [4.69, 9.17) is 27.4 Å². The molecule has 0 bridgehead atoms. The molecule has 4 aliphatic rings. The van der Waals surface area contributed by atoms with Gasteiger partial charge < -0.3 is 25.2 Å². The number of phenols is 1. The van der Waals surface area contributed by atoms with E-state index in [0.717, 1.165) is 6.42 Å². The highest BCUT2D eigenvalue weighted by Crippen LogP contribution is 2.70. The maximum absolute atomic E-state index is 16.9. The van der Waals surface area contributed by atoms with Gasteiger partial charge in [-0.2, -0.15) is 8.42 Å². The van der Waals surface area contributed by atoms with Gasteiger partial charge in [-0.1, -0.05) is 32.4 Å². The highest BCUT2D eigenvalue weighted by atomic mass is 32.3. The van der Waals surface area contributed by atoms with Gasteiger partial charge in [-0.05, 0) is 87.3 Å². The first-order valence-electron chi connectivity index (χ1n) is 15.0. The van der Waals surface area contributed by atoms with Gasteiger partial charge in [0.25, 0.3) is 0 Å². The Kier molecular flexibility index (Phi) is 11.1. The summed E-state index contributed by atoms with van der Waals surface area (Å²) in [6.07, 6.45) is 5.25. The second-order valence-corrected chi connectivity index (χ2v) is 13.8. The number of ketones is 2. The van der Waals surface area contributed by atoms with Crippen LogP contribution in [-0.2, 0) is 24.7 Å². The zero-order valence-electron chi connectivity index (χ0n) is 26.2. The summed E-state index contributed by atoms with van der Waals surface area (Å²) in [7, 11) is -4.67. The fraction of sp³-hybridized carbons (Fsp3) is 0.594. The first-order chi connectivity index (χ1) is 21.2. The SMILES string of the molecule is CCCOC(=O)c1ccc(O)cc1.C[C@@H]1C[C@H]2[C@@H]3CCC4=CC(=O)C=C[C@]4(C)[C@@]3(F)[C@@H](O)C[C@]2(C)[C@@]1(O)C(=O)CO.O=S(=O)(O)O. The van der Waals surface area contributed by atoms with Crippen LogP contribution in [0.15, 0.2) is 48.1 Å². The molecule has 0 heterocycles. The summed E-state index contributed by atoms with van der Waals surface area (Å²) >= 11 is 0. The molecule has 3 fully saturated rings. The lowest BCUT2D eigenvalue weighted by Crippen LogP contribution is -2.69. The topological polar surface area (TPSA) is 216 Å². The van der Waals surface area contributed by atoms with Gasteiger partial charge in [0.15, 0.2) is 17.2 Å². The van der Waals surface area contributed by atoms with Gasteiger partial charge in [-0.3, -0.25) is 18.7 Å². The molecule has 3 saturated carbocycles. The molecule has 1 aromatic rings. The second-order valence-electron chi connectivity index (χ2n) is 12.9. The van der Waals surface area contributed by atoms with Crippen LogP contribution < -0.4 is 0 Å². The maximum Gasteiger partial charge on any atom is 0.394 e. The molecule has 0 unspecified atom stereocenters. The summed E-state index contributed by atoms with van der Waals surface area (Å²) in [5.74, 6) is -2.32. The first kappa shape index (κ1) is 37.4. The summed E-state index contributed by atoms with van der Waals surface area (Å²) in [6.45, 7) is 6.84. The molecule has 1 aromatic carbocycles. The molecular formula is C32H43FO12S. The van der Waals surface area contributed by atoms with Crippen LogP contribution in [0.3, 0.4) is 0 Å². The van der Waals surface area contributed by atoms with Gasteiger partial charge in [0, 0.05) is 16.7 Å². The summed E-state index contributed by atoms with van der Waals surface area (Å²) in [4.78, 5) is 35.6. The van der Waals surface area contributed by atoms with E-state index < -0.39 is 62.8 Å². The predicted octanol–water partition coefficient (Wildman–Crippen LogP) is 3.20. The number of hydrogen-bond donors (Lipinski definition) is 6. The monoisotopic (exact) mass is 670 g/mol. The van der Waals surface area contributed by atoms with Gasteiger partial charge >= 0.3 is 16.4 Å². The number of aliphatic hydroxyl groups is 3. The minimum atomic E-state index is -4.67. The Morgan fingerprint density at radius 3 is 2.24 bits per heavy atom. The van der Waals surface area contributed by atoms with Gasteiger partial charge in [0.1, 0.15) is 18.0 Å². The summed E-state index contributed by atoms with van der Waals surface area (Å²) in [6, 6.07) is 5.99. The zero-order valence-corrected chi connectivity index (χ0v) is 27.0. The van der Waals surface area contributed by atoms with Gasteiger partial charge in [-0.15, -0.1) is 0 Å². The predicted molar refractivity (Wildman–Crippen MR) is 163 cm³/mol. The van der Waals surface area contributed by atoms with E-state index >= 15 is 4.39 Å². The third-order valence-corrected chi connectivity index (χ3v) is 10.3. The molecule has 46 heavy (non-hydrogen) atoms. The van der Waals surface area contributed by atoms with Gasteiger partial charge in [-0.25, -0.2) is 9.18 Å². The molecule has 8 atom stereocenters. The molecule has 0 aliphatic heterocycles. The van der Waals surface area contributed by atoms with E-state index in [2.05, 4.69) is 0 Å². The zero-order chi connectivity index (χ0) is 34.9. The van der Waals surface area contributed by atoms with E-state index in [1.807, 2.05) is 6.92 Å². The number of allylic oxidation sites excluding steroid dienone is 4. The molecule has 0 saturated heterocycles. The Hall–Kier alpha value is -3.01. The van der Waals surface area contributed by atoms with Crippen molar-refractivity contribution in [3.63, 3.8) is 0 Å². The number of halogens is 1. The lowest BCUT2D eigenvalue weighted by atomic mass is 9.44. The number of benzene rings is 1. The van der Waals surface area contributed by atoms with Crippen LogP contribution in [-0.4, -0.2) is 86.1 Å². The Morgan fingerprint density at radius 2 is 1.70 bits per heavy atom. The molecule has 4 aliphatic carbocycles. The Labute approximate surface area is 267 Å². The molecule has 256 valence electrons. The summed E-state index contributed by atoms with van der Waals surface area (Å²) < 4.78 is 53.3. The van der Waals surface area contributed by atoms with Gasteiger partial charge in [0.05, 0.1) is 18.3 Å². The molecule has 5 rings (SSSR count). The van der Waals surface area contributed by atoms with E-state index in [1.54, 1.807) is 26.8 Å². The number of esters is 1. The second kappa shape index (κ2) is 13.6. The van der Waals surface area contributed by atoms with Crippen LogP contribution in [0, 0.1) is 28.6 Å². The number of ether oxygens (including phenoxy) is 1. The van der Waals surface area contributed by atoms with Crippen molar-refractivity contribution in [2.24, 2.45) is 28.6 Å². The van der Waals surface area contributed by atoms with Crippen molar-refractivity contribution in [3.8, 4) is 5.75 Å². The molecular weight excluding hydrogens is 627 g/mol. The fourth-order valence-corrected chi connectivity index (χ4v) is 8.14. The first-order valence-corrected chi connectivity index (χ1v) is 16.4. The molecule has 0 spiro atoms. The number of carbonyl (C=O) groups is 3. The quantitative estimate of drug-likeness (QED) is 0.197. The van der Waals surface area contributed by atoms with Crippen LogP contribution >= 0.6 is 0 Å². The van der Waals surface area contributed by atoms with E-state index in [1.165, 1.54) is 36.4 Å². The van der Waals surface area contributed by atoms with Crippen molar-refractivity contribution in [2.75, 3.05) is 13.2 Å². The third kappa shape index (κ3) is 6.69. The summed E-state index contributed by atoms with van der Waals surface area (Å²) in [5.41, 5.74) is -4.70. The minimum absolute atomic E-state index is 0.0676. The number of aliphatic hydroxyl groups excluding tert-OH is 2. The molecule has 6 N–H and O–H groups in total. The van der Waals surface area contributed by atoms with Crippen molar-refractivity contribution in [1.29, 1.82) is 0 Å². The number of alkyl halides is 1. The number of carbonyl (C=O) groups excluding carboxylic acids is 3. The van der Waals surface area contributed by atoms with Crippen molar-refractivity contribution in [1.82, 2.24) is 0 Å². The van der Waals surface area contributed by atoms with E-state index in [9.17, 15) is 29.7 Å². The number of fused-ring (bicyclic) bond motifs is 5. The Bertz CT molecular complexity index is 1480. The van der Waals surface area contributed by atoms with Crippen LogP contribution in [0.1, 0.15) is 70.2 Å². The smallest absolute Gasteiger partial charge is 0.394 e. The highest BCUT2D eigenvalue weighted by molar-refractivity contribution is 7.79. The normalized spacial score (nSPS) is 36.0. The number of rotatable bonds is 5. The molecule has 14 heteroatoms. The molecule has 0 radical (unpaired) electrons. The van der Waals surface area contributed by atoms with E-state index in [0.29, 0.717) is 37.0 Å². The summed E-state index contributed by atoms with van der Waals surface area (Å²) in [5, 5.41) is 40.9. The Balaban J connectivity index is 0.000000266. The third-order valence-electron chi connectivity index (χ3n) is 10.3. The standard InChI is InChI=1S/C22H29FO5.C10H12O3.H2O4S/c1-12-8-16-15-5-4-13-9-14(25)6-7-19(13,2)21(15,23)17(26)10-20(16,3)22(12,28)18(27)11-24;1-2-7-13-10(12)8-3-5-9(11)6-4-8;1-5(2,3)4/h6-7,9,12,15-17,24,26,28H,4-5,8,10-11H2,1-3H3;3-6,11H,2,7H2,1H3;(H2,1,2,3,4)/t12-,15+,16+,17+,19+,20+,21+,22+;;/m1../s1. The number of phenolic OH excluding ortho intramolecular Hbond substituents is 1. The molecule has 12 nitrogen and oxygen atoms in total. The van der Waals surface area contributed by atoms with E-state index in [-0.39, 0.29) is 29.8 Å². The molecule has 0 amide bonds. The fourth-order valence-electron chi connectivity index (χ4n) is 8.14. The van der Waals surface area contributed by atoms with Crippen molar-refractivity contribution >= 4 is 27.9 Å². The lowest BCUT2D eigenvalue weighted by molar-refractivity contribution is -0.219. The van der Waals surface area contributed by atoms with Crippen LogP contribution in [0.5, 0.6) is 5.75 Å². The van der Waals surface area contributed by atoms with Crippen LogP contribution in [0.4, 0.5) is 4.39 Å². The number of Topliss-reactive ketones (excluding diaryl/α,β-unsaturated/α-hetero) is 1. The lowest BCUT2D eigenvalue weighted by Gasteiger charge is -2.62. The van der Waals surface area contributed by atoms with Crippen LogP contribution in [0.2, 0.25) is 0 Å². The highest BCUT2D eigenvalue weighted by Gasteiger charge is 2.75. The van der Waals surface area contributed by atoms with Crippen molar-refractivity contribution < 1.29 is 61.5 Å². The van der Waals surface area contributed by atoms with Gasteiger partial charge in [0.2, 0.25) is 0 Å². The molecule has 0 aromatic heterocycles. The van der Waals surface area contributed by atoms with Crippen molar-refractivity contribution in [3.05, 3.63) is 53.6 Å². The minimum Gasteiger partial charge on any atom is -0.508 e. The largest absolute Gasteiger partial charge is 0.508 e. The van der Waals surface area contributed by atoms with Crippen molar-refractivity contribution in [2.45, 2.75) is 77.2 Å².